The lowest BCUT2D eigenvalue weighted by Crippen LogP contribution is -2.36. The van der Waals surface area contributed by atoms with E-state index in [1.165, 1.54) is 6.92 Å². The number of rotatable bonds is 6. The molecule has 1 aromatic heterocycles. The molecule has 1 aromatic carbocycles. The monoisotopic (exact) mass is 312 g/mol. The van der Waals surface area contributed by atoms with Gasteiger partial charge in [0.15, 0.2) is 11.6 Å². The molecule has 0 spiro atoms. The third-order valence-corrected chi connectivity index (χ3v) is 4.23. The standard InChI is InChI=1S/C19H24N2O2/c1-11-17(15(5)22)13(3)21-18(11)19(23)14(4)20-12(2)16-9-7-6-8-10-16/h6-10,12,14,20-21H,1-5H3/t12-,14-/m0/s1. The van der Waals surface area contributed by atoms with Gasteiger partial charge in [-0.15, -0.1) is 0 Å². The molecule has 4 nitrogen and oxygen atoms in total. The van der Waals surface area contributed by atoms with Gasteiger partial charge >= 0.3 is 0 Å². The van der Waals surface area contributed by atoms with E-state index in [1.54, 1.807) is 0 Å². The lowest BCUT2D eigenvalue weighted by atomic mass is 10.0. The number of aryl methyl sites for hydroxylation is 1. The fourth-order valence-corrected chi connectivity index (χ4v) is 3.03. The molecule has 122 valence electrons. The molecular weight excluding hydrogens is 288 g/mol. The second-order valence-electron chi connectivity index (χ2n) is 6.07. The molecule has 0 aliphatic rings. The molecule has 0 unspecified atom stereocenters. The quantitative estimate of drug-likeness (QED) is 0.798. The average molecular weight is 312 g/mol. The van der Waals surface area contributed by atoms with E-state index in [9.17, 15) is 9.59 Å². The molecule has 2 N–H and O–H groups in total. The number of carbonyl (C=O) groups excluding carboxylic acids is 2. The Morgan fingerprint density at radius 3 is 2.22 bits per heavy atom. The molecule has 4 heteroatoms. The maximum Gasteiger partial charge on any atom is 0.195 e. The summed E-state index contributed by atoms with van der Waals surface area (Å²) in [6.45, 7) is 9.06. The summed E-state index contributed by atoms with van der Waals surface area (Å²) in [5, 5.41) is 3.33. The van der Waals surface area contributed by atoms with Crippen molar-refractivity contribution in [1.82, 2.24) is 10.3 Å². The Balaban J connectivity index is 2.17. The minimum atomic E-state index is -0.346. The van der Waals surface area contributed by atoms with Crippen LogP contribution in [-0.4, -0.2) is 22.6 Å². The van der Waals surface area contributed by atoms with Gasteiger partial charge in [0.1, 0.15) is 0 Å². The van der Waals surface area contributed by atoms with Crippen molar-refractivity contribution in [2.45, 2.75) is 46.7 Å². The number of nitrogens with one attached hydrogen (secondary N) is 2. The molecule has 0 saturated carbocycles. The van der Waals surface area contributed by atoms with E-state index >= 15 is 0 Å². The predicted octanol–water partition coefficient (Wildman–Crippen LogP) is 3.76. The van der Waals surface area contributed by atoms with E-state index in [1.807, 2.05) is 58.0 Å². The third-order valence-electron chi connectivity index (χ3n) is 4.23. The van der Waals surface area contributed by atoms with E-state index in [-0.39, 0.29) is 23.7 Å². The summed E-state index contributed by atoms with van der Waals surface area (Å²) >= 11 is 0. The number of H-pyrrole nitrogens is 1. The van der Waals surface area contributed by atoms with Crippen molar-refractivity contribution >= 4 is 11.6 Å². The van der Waals surface area contributed by atoms with Gasteiger partial charge in [0.05, 0.1) is 11.7 Å². The van der Waals surface area contributed by atoms with Crippen molar-refractivity contribution in [3.63, 3.8) is 0 Å². The highest BCUT2D eigenvalue weighted by molar-refractivity contribution is 6.05. The smallest absolute Gasteiger partial charge is 0.195 e. The van der Waals surface area contributed by atoms with Crippen LogP contribution in [-0.2, 0) is 0 Å². The lowest BCUT2D eigenvalue weighted by Gasteiger charge is -2.19. The number of Topliss-reactive ketones (excluding diaryl/α,β-unsaturated/α-hetero) is 2. The molecule has 23 heavy (non-hydrogen) atoms. The number of benzene rings is 1. The van der Waals surface area contributed by atoms with Gasteiger partial charge in [0.25, 0.3) is 0 Å². The van der Waals surface area contributed by atoms with Gasteiger partial charge in [-0.3, -0.25) is 9.59 Å². The molecule has 0 bridgehead atoms. The molecule has 0 radical (unpaired) electrons. The van der Waals surface area contributed by atoms with Crippen molar-refractivity contribution < 1.29 is 9.59 Å². The zero-order valence-electron chi connectivity index (χ0n) is 14.4. The summed E-state index contributed by atoms with van der Waals surface area (Å²) in [5.74, 6) is -0.0468. The van der Waals surface area contributed by atoms with E-state index in [4.69, 9.17) is 0 Å². The van der Waals surface area contributed by atoms with Crippen molar-refractivity contribution in [2.24, 2.45) is 0 Å². The largest absolute Gasteiger partial charge is 0.355 e. The Labute approximate surface area is 137 Å². The minimum Gasteiger partial charge on any atom is -0.355 e. The first-order valence-electron chi connectivity index (χ1n) is 7.88. The lowest BCUT2D eigenvalue weighted by molar-refractivity contribution is 0.0940. The molecule has 0 aliphatic carbocycles. The molecule has 2 aromatic rings. The number of hydrogen-bond acceptors (Lipinski definition) is 3. The van der Waals surface area contributed by atoms with Gasteiger partial charge < -0.3 is 10.3 Å². The van der Waals surface area contributed by atoms with Crippen LogP contribution in [0.5, 0.6) is 0 Å². The Hall–Kier alpha value is -2.20. The summed E-state index contributed by atoms with van der Waals surface area (Å²) in [4.78, 5) is 27.5. The van der Waals surface area contributed by atoms with Crippen molar-refractivity contribution in [3.8, 4) is 0 Å². The summed E-state index contributed by atoms with van der Waals surface area (Å²) in [6.07, 6.45) is 0. The molecule has 0 fully saturated rings. The molecule has 0 saturated heterocycles. The van der Waals surface area contributed by atoms with Gasteiger partial charge in [0.2, 0.25) is 0 Å². The van der Waals surface area contributed by atoms with Crippen LogP contribution >= 0.6 is 0 Å². The normalized spacial score (nSPS) is 13.6. The van der Waals surface area contributed by atoms with E-state index < -0.39 is 0 Å². The second-order valence-corrected chi connectivity index (χ2v) is 6.07. The fraction of sp³-hybridized carbons (Fsp3) is 0.368. The Morgan fingerprint density at radius 1 is 1.09 bits per heavy atom. The molecule has 0 amide bonds. The van der Waals surface area contributed by atoms with Gasteiger partial charge in [-0.2, -0.15) is 0 Å². The van der Waals surface area contributed by atoms with Gasteiger partial charge in [-0.05, 0) is 45.7 Å². The molecular formula is C19H24N2O2. The second kappa shape index (κ2) is 6.92. The maximum atomic E-state index is 12.7. The zero-order valence-corrected chi connectivity index (χ0v) is 14.4. The van der Waals surface area contributed by atoms with Crippen molar-refractivity contribution in [2.75, 3.05) is 0 Å². The summed E-state index contributed by atoms with van der Waals surface area (Å²) in [5.41, 5.74) is 3.77. The molecule has 0 aliphatic heterocycles. The highest BCUT2D eigenvalue weighted by Gasteiger charge is 2.24. The first-order valence-corrected chi connectivity index (χ1v) is 7.88. The van der Waals surface area contributed by atoms with Crippen LogP contribution in [0.25, 0.3) is 0 Å². The van der Waals surface area contributed by atoms with E-state index in [0.29, 0.717) is 11.3 Å². The molecule has 2 rings (SSSR count). The number of carbonyl (C=O) groups is 2. The fourth-order valence-electron chi connectivity index (χ4n) is 3.03. The van der Waals surface area contributed by atoms with Gasteiger partial charge in [-0.25, -0.2) is 0 Å². The van der Waals surface area contributed by atoms with Crippen LogP contribution in [0.1, 0.15) is 64.5 Å². The SMILES string of the molecule is CC(=O)c1c(C)[nH]c(C(=O)[C@H](C)N[C@@H](C)c2ccccc2)c1C. The highest BCUT2D eigenvalue weighted by Crippen LogP contribution is 2.20. The van der Waals surface area contributed by atoms with Crippen molar-refractivity contribution in [1.29, 1.82) is 0 Å². The highest BCUT2D eigenvalue weighted by atomic mass is 16.1. The Bertz CT molecular complexity index is 716. The van der Waals surface area contributed by atoms with Crippen LogP contribution in [0.4, 0.5) is 0 Å². The first-order chi connectivity index (χ1) is 10.8. The number of hydrogen-bond donors (Lipinski definition) is 2. The third kappa shape index (κ3) is 3.59. The van der Waals surface area contributed by atoms with Gasteiger partial charge in [0, 0.05) is 17.3 Å². The van der Waals surface area contributed by atoms with E-state index in [2.05, 4.69) is 10.3 Å². The topological polar surface area (TPSA) is 62.0 Å². The zero-order chi connectivity index (χ0) is 17.1. The first kappa shape index (κ1) is 17.2. The van der Waals surface area contributed by atoms with Crippen LogP contribution in [0.15, 0.2) is 30.3 Å². The number of aromatic amines is 1. The molecule has 2 atom stereocenters. The summed E-state index contributed by atoms with van der Waals surface area (Å²) < 4.78 is 0. The predicted molar refractivity (Wildman–Crippen MR) is 92.1 cm³/mol. The Morgan fingerprint density at radius 2 is 1.70 bits per heavy atom. The van der Waals surface area contributed by atoms with Crippen LogP contribution in [0, 0.1) is 13.8 Å². The summed E-state index contributed by atoms with van der Waals surface area (Å²) in [7, 11) is 0. The van der Waals surface area contributed by atoms with Crippen LogP contribution in [0.2, 0.25) is 0 Å². The minimum absolute atomic E-state index is 0.0198. The molecule has 1 heterocycles. The van der Waals surface area contributed by atoms with Crippen LogP contribution < -0.4 is 5.32 Å². The van der Waals surface area contributed by atoms with Gasteiger partial charge in [-0.1, -0.05) is 30.3 Å². The van der Waals surface area contributed by atoms with Crippen LogP contribution in [0.3, 0.4) is 0 Å². The summed E-state index contributed by atoms with van der Waals surface area (Å²) in [6, 6.07) is 9.73. The number of ketones is 2. The Kier molecular flexibility index (Phi) is 5.16. The maximum absolute atomic E-state index is 12.7. The number of aromatic nitrogens is 1. The van der Waals surface area contributed by atoms with Crippen molar-refractivity contribution in [3.05, 3.63) is 58.4 Å². The average Bonchev–Trinajstić information content (AvgIpc) is 2.82. The van der Waals surface area contributed by atoms with E-state index in [0.717, 1.165) is 16.8 Å².